The van der Waals surface area contributed by atoms with Gasteiger partial charge in [-0.1, -0.05) is 36.9 Å². The number of nitrogens with one attached hydrogen (secondary N) is 2. The predicted octanol–water partition coefficient (Wildman–Crippen LogP) is 4.77. The second-order valence-electron chi connectivity index (χ2n) is 8.14. The molecule has 1 saturated heterocycles. The molecule has 0 amide bonds. The maximum atomic E-state index is 12.3. The highest BCUT2D eigenvalue weighted by Crippen LogP contribution is 2.35. The first-order chi connectivity index (χ1) is 16.5. The maximum Gasteiger partial charge on any atom is 0.235 e. The van der Waals surface area contributed by atoms with Crippen LogP contribution in [-0.4, -0.2) is 46.8 Å². The third-order valence-electron chi connectivity index (χ3n) is 5.89. The number of nitrogens with zero attached hydrogens (tertiary/aromatic N) is 3. The number of hydrogen-bond donors (Lipinski definition) is 2. The Hall–Kier alpha value is -3.69. The molecule has 1 aliphatic rings. The Morgan fingerprint density at radius 3 is 2.76 bits per heavy atom. The Balaban J connectivity index is 1.45. The second kappa shape index (κ2) is 9.28. The summed E-state index contributed by atoms with van der Waals surface area (Å²) in [4.78, 5) is 12.1. The zero-order valence-electron chi connectivity index (χ0n) is 18.5. The SMILES string of the molecule is C=CS(=O)(=O)N1CCCC(Nc2ncnc3[nH]cc(-c4cccc(Oc5ccccc5)c4)c23)C1. The van der Waals surface area contributed by atoms with Crippen molar-refractivity contribution in [2.24, 2.45) is 0 Å². The van der Waals surface area contributed by atoms with E-state index in [1.807, 2.05) is 60.8 Å². The van der Waals surface area contributed by atoms with Crippen LogP contribution in [0.4, 0.5) is 5.82 Å². The van der Waals surface area contributed by atoms with Crippen molar-refractivity contribution < 1.29 is 13.2 Å². The summed E-state index contributed by atoms with van der Waals surface area (Å²) in [5.74, 6) is 2.15. The number of H-pyrrole nitrogens is 1. The van der Waals surface area contributed by atoms with Crippen LogP contribution in [-0.2, 0) is 10.0 Å². The van der Waals surface area contributed by atoms with Gasteiger partial charge in [-0.15, -0.1) is 0 Å². The molecular formula is C25H25N5O3S. The average Bonchev–Trinajstić information content (AvgIpc) is 3.30. The molecule has 8 nitrogen and oxygen atoms in total. The number of hydrogen-bond acceptors (Lipinski definition) is 6. The van der Waals surface area contributed by atoms with Gasteiger partial charge in [0.2, 0.25) is 10.0 Å². The van der Waals surface area contributed by atoms with Gasteiger partial charge in [-0.3, -0.25) is 0 Å². The van der Waals surface area contributed by atoms with E-state index in [-0.39, 0.29) is 6.04 Å². The molecule has 1 unspecified atom stereocenters. The molecule has 0 saturated carbocycles. The van der Waals surface area contributed by atoms with Crippen molar-refractivity contribution in [1.29, 1.82) is 0 Å². The van der Waals surface area contributed by atoms with E-state index in [1.54, 1.807) is 0 Å². The molecule has 2 aromatic heterocycles. The van der Waals surface area contributed by atoms with Gasteiger partial charge in [-0.2, -0.15) is 4.31 Å². The Kier molecular flexibility index (Phi) is 6.04. The Morgan fingerprint density at radius 2 is 1.94 bits per heavy atom. The van der Waals surface area contributed by atoms with Gasteiger partial charge >= 0.3 is 0 Å². The summed E-state index contributed by atoms with van der Waals surface area (Å²) in [7, 11) is -3.46. The lowest BCUT2D eigenvalue weighted by Crippen LogP contribution is -2.44. The maximum absolute atomic E-state index is 12.3. The number of fused-ring (bicyclic) bond motifs is 1. The van der Waals surface area contributed by atoms with Gasteiger partial charge in [0.25, 0.3) is 0 Å². The van der Waals surface area contributed by atoms with Gasteiger partial charge in [0.15, 0.2) is 0 Å². The summed E-state index contributed by atoms with van der Waals surface area (Å²) in [6, 6.07) is 17.4. The number of benzene rings is 2. The Bertz CT molecular complexity index is 1420. The minimum atomic E-state index is -3.46. The number of para-hydroxylation sites is 1. The van der Waals surface area contributed by atoms with E-state index in [0.29, 0.717) is 24.6 Å². The molecule has 34 heavy (non-hydrogen) atoms. The second-order valence-corrected chi connectivity index (χ2v) is 10.0. The van der Waals surface area contributed by atoms with Gasteiger partial charge in [0.1, 0.15) is 29.3 Å². The average molecular weight is 476 g/mol. The molecule has 174 valence electrons. The molecule has 1 fully saturated rings. The van der Waals surface area contributed by atoms with Gasteiger partial charge in [-0.25, -0.2) is 18.4 Å². The van der Waals surface area contributed by atoms with Gasteiger partial charge < -0.3 is 15.0 Å². The zero-order valence-corrected chi connectivity index (χ0v) is 19.3. The zero-order chi connectivity index (χ0) is 23.5. The first-order valence-corrected chi connectivity index (χ1v) is 12.6. The van der Waals surface area contributed by atoms with E-state index in [2.05, 4.69) is 26.8 Å². The van der Waals surface area contributed by atoms with Crippen LogP contribution < -0.4 is 10.1 Å². The van der Waals surface area contributed by atoms with E-state index in [0.717, 1.165) is 46.3 Å². The Labute approximate surface area is 198 Å². The minimum Gasteiger partial charge on any atom is -0.457 e. The lowest BCUT2D eigenvalue weighted by Gasteiger charge is -2.31. The summed E-state index contributed by atoms with van der Waals surface area (Å²) < 4.78 is 32.0. The van der Waals surface area contributed by atoms with E-state index < -0.39 is 10.0 Å². The smallest absolute Gasteiger partial charge is 0.235 e. The van der Waals surface area contributed by atoms with Crippen molar-refractivity contribution in [2.45, 2.75) is 18.9 Å². The summed E-state index contributed by atoms with van der Waals surface area (Å²) in [5.41, 5.74) is 2.59. The van der Waals surface area contributed by atoms with Crippen LogP contribution in [0.5, 0.6) is 11.5 Å². The van der Waals surface area contributed by atoms with Gasteiger partial charge in [-0.05, 0) is 42.7 Å². The third-order valence-corrected chi connectivity index (χ3v) is 7.36. The molecular weight excluding hydrogens is 450 g/mol. The van der Waals surface area contributed by atoms with Crippen molar-refractivity contribution in [3.8, 4) is 22.6 Å². The summed E-state index contributed by atoms with van der Waals surface area (Å²) >= 11 is 0. The topological polar surface area (TPSA) is 100 Å². The first-order valence-electron chi connectivity index (χ1n) is 11.1. The summed E-state index contributed by atoms with van der Waals surface area (Å²) in [6.07, 6.45) is 5.01. The van der Waals surface area contributed by atoms with Crippen molar-refractivity contribution in [1.82, 2.24) is 19.3 Å². The molecule has 2 N–H and O–H groups in total. The van der Waals surface area contributed by atoms with Crippen molar-refractivity contribution in [2.75, 3.05) is 18.4 Å². The molecule has 0 radical (unpaired) electrons. The standard InChI is InChI=1S/C25H25N5O3S/c1-2-34(31,32)30-13-7-9-19(16-30)29-25-23-22(15-26-24(23)27-17-28-25)18-8-6-12-21(14-18)33-20-10-4-3-5-11-20/h2-6,8,10-12,14-15,17,19H,1,7,9,13,16H2,(H2,26,27,28,29). The molecule has 0 aliphatic carbocycles. The van der Waals surface area contributed by atoms with Crippen molar-refractivity contribution in [3.63, 3.8) is 0 Å². The number of sulfonamides is 1. The molecule has 1 aliphatic heterocycles. The molecule has 1 atom stereocenters. The van der Waals surface area contributed by atoms with Crippen LogP contribution in [0.1, 0.15) is 12.8 Å². The van der Waals surface area contributed by atoms with Crippen LogP contribution in [0, 0.1) is 0 Å². The van der Waals surface area contributed by atoms with E-state index in [4.69, 9.17) is 4.74 Å². The molecule has 9 heteroatoms. The third kappa shape index (κ3) is 4.52. The fraction of sp³-hybridized carbons (Fsp3) is 0.200. The first kappa shape index (κ1) is 22.1. The highest BCUT2D eigenvalue weighted by molar-refractivity contribution is 7.92. The fourth-order valence-corrected chi connectivity index (χ4v) is 5.22. The monoisotopic (exact) mass is 475 g/mol. The molecule has 4 aromatic rings. The summed E-state index contributed by atoms with van der Waals surface area (Å²) in [6.45, 7) is 4.30. The van der Waals surface area contributed by atoms with E-state index in [9.17, 15) is 8.42 Å². The van der Waals surface area contributed by atoms with Crippen LogP contribution in [0.15, 0.2) is 79.1 Å². The number of aromatic nitrogens is 3. The summed E-state index contributed by atoms with van der Waals surface area (Å²) in [5, 5.41) is 5.32. The van der Waals surface area contributed by atoms with E-state index in [1.165, 1.54) is 10.6 Å². The molecule has 3 heterocycles. The number of ether oxygens (including phenoxy) is 1. The van der Waals surface area contributed by atoms with Gasteiger partial charge in [0.05, 0.1) is 5.39 Å². The van der Waals surface area contributed by atoms with Crippen molar-refractivity contribution in [3.05, 3.63) is 79.1 Å². The highest BCUT2D eigenvalue weighted by atomic mass is 32.2. The van der Waals surface area contributed by atoms with Crippen LogP contribution in [0.3, 0.4) is 0 Å². The van der Waals surface area contributed by atoms with Crippen LogP contribution >= 0.6 is 0 Å². The molecule has 0 bridgehead atoms. The van der Waals surface area contributed by atoms with Gasteiger partial charge in [0, 0.05) is 36.3 Å². The lowest BCUT2D eigenvalue weighted by molar-refractivity contribution is 0.330. The largest absolute Gasteiger partial charge is 0.457 e. The number of aromatic amines is 1. The quantitative estimate of drug-likeness (QED) is 0.400. The number of anilines is 1. The van der Waals surface area contributed by atoms with Crippen molar-refractivity contribution >= 4 is 26.9 Å². The highest BCUT2D eigenvalue weighted by Gasteiger charge is 2.28. The Morgan fingerprint density at radius 1 is 1.12 bits per heavy atom. The predicted molar refractivity (Wildman–Crippen MR) is 133 cm³/mol. The normalized spacial score (nSPS) is 16.9. The van der Waals surface area contributed by atoms with Crippen LogP contribution in [0.25, 0.3) is 22.2 Å². The number of rotatable bonds is 7. The lowest BCUT2D eigenvalue weighted by atomic mass is 10.0. The van der Waals surface area contributed by atoms with Crippen LogP contribution in [0.2, 0.25) is 0 Å². The number of piperidine rings is 1. The minimum absolute atomic E-state index is 0.0722. The fourth-order valence-electron chi connectivity index (χ4n) is 4.24. The molecule has 0 spiro atoms. The molecule has 5 rings (SSSR count). The van der Waals surface area contributed by atoms with E-state index >= 15 is 0 Å². The molecule has 2 aromatic carbocycles.